The maximum Gasteiger partial charge on any atom is 0.337 e. The number of nitrogens with one attached hydrogen (secondary N) is 1. The molecule has 0 spiro atoms. The van der Waals surface area contributed by atoms with E-state index in [0.717, 1.165) is 18.0 Å². The van der Waals surface area contributed by atoms with Crippen molar-refractivity contribution in [3.05, 3.63) is 58.3 Å². The Balaban J connectivity index is 1.86. The minimum atomic E-state index is -0.536. The van der Waals surface area contributed by atoms with E-state index in [-0.39, 0.29) is 17.3 Å². The first-order chi connectivity index (χ1) is 11.5. The number of esters is 1. The maximum atomic E-state index is 11.9. The van der Waals surface area contributed by atoms with Gasteiger partial charge in [0.1, 0.15) is 6.20 Å². The van der Waals surface area contributed by atoms with Crippen LogP contribution < -0.4 is 5.32 Å². The number of nitrogens with zero attached hydrogens (tertiary/aromatic N) is 2. The van der Waals surface area contributed by atoms with Crippen molar-refractivity contribution in [2.24, 2.45) is 0 Å². The Labute approximate surface area is 141 Å². The van der Waals surface area contributed by atoms with Crippen LogP contribution in [-0.2, 0) is 9.53 Å². The van der Waals surface area contributed by atoms with Crippen LogP contribution in [0, 0.1) is 10.1 Å². The van der Waals surface area contributed by atoms with Crippen molar-refractivity contribution in [3.63, 3.8) is 0 Å². The predicted molar refractivity (Wildman–Crippen MR) is 88.0 cm³/mol. The SMILES string of the molecule is COC(=O)c1ccc(NC(=O)CSc2ccc([N+](=O)[O-])cn2)cc1. The van der Waals surface area contributed by atoms with Crippen LogP contribution in [0.4, 0.5) is 11.4 Å². The molecular formula is C15H13N3O5S. The summed E-state index contributed by atoms with van der Waals surface area (Å²) in [5, 5.41) is 13.7. The standard InChI is InChI=1S/C15H13N3O5S/c1-23-15(20)10-2-4-11(5-3-10)17-13(19)9-24-14-7-6-12(8-16-14)18(21)22/h2-8H,9H2,1H3,(H,17,19). The zero-order chi connectivity index (χ0) is 17.5. The molecule has 0 aliphatic carbocycles. The largest absolute Gasteiger partial charge is 0.465 e. The summed E-state index contributed by atoms with van der Waals surface area (Å²) in [6.07, 6.45) is 1.14. The van der Waals surface area contributed by atoms with Crippen LogP contribution in [0.15, 0.2) is 47.6 Å². The van der Waals surface area contributed by atoms with Crippen LogP contribution >= 0.6 is 11.8 Å². The van der Waals surface area contributed by atoms with E-state index in [1.807, 2.05) is 0 Å². The van der Waals surface area contributed by atoms with E-state index in [9.17, 15) is 19.7 Å². The van der Waals surface area contributed by atoms with Crippen molar-refractivity contribution in [3.8, 4) is 0 Å². The number of anilines is 1. The number of benzene rings is 1. The normalized spacial score (nSPS) is 10.0. The second kappa shape index (κ2) is 8.06. The lowest BCUT2D eigenvalue weighted by molar-refractivity contribution is -0.385. The summed E-state index contributed by atoms with van der Waals surface area (Å²) >= 11 is 1.16. The second-order valence-electron chi connectivity index (χ2n) is 4.52. The number of thioether (sulfide) groups is 1. The molecule has 1 amide bonds. The number of methoxy groups -OCH3 is 1. The molecule has 1 aromatic heterocycles. The van der Waals surface area contributed by atoms with Crippen LogP contribution in [0.1, 0.15) is 10.4 Å². The van der Waals surface area contributed by atoms with Crippen molar-refractivity contribution >= 4 is 35.0 Å². The van der Waals surface area contributed by atoms with Gasteiger partial charge in [0, 0.05) is 11.8 Å². The lowest BCUT2D eigenvalue weighted by Gasteiger charge is -2.06. The fourth-order valence-electron chi connectivity index (χ4n) is 1.71. The molecule has 0 saturated heterocycles. The van der Waals surface area contributed by atoms with Crippen LogP contribution in [0.25, 0.3) is 0 Å². The summed E-state index contributed by atoms with van der Waals surface area (Å²) in [5.41, 5.74) is 0.833. The number of nitro groups is 1. The highest BCUT2D eigenvalue weighted by atomic mass is 32.2. The average molecular weight is 347 g/mol. The highest BCUT2D eigenvalue weighted by molar-refractivity contribution is 7.99. The van der Waals surface area contributed by atoms with E-state index in [2.05, 4.69) is 15.0 Å². The number of hydrogen-bond acceptors (Lipinski definition) is 7. The van der Waals surface area contributed by atoms with E-state index < -0.39 is 10.9 Å². The summed E-state index contributed by atoms with van der Waals surface area (Å²) in [7, 11) is 1.29. The van der Waals surface area contributed by atoms with Gasteiger partial charge in [-0.1, -0.05) is 11.8 Å². The number of pyridine rings is 1. The van der Waals surface area contributed by atoms with Gasteiger partial charge < -0.3 is 10.1 Å². The molecule has 1 aromatic carbocycles. The zero-order valence-electron chi connectivity index (χ0n) is 12.6. The summed E-state index contributed by atoms with van der Waals surface area (Å²) in [6.45, 7) is 0. The van der Waals surface area contributed by atoms with Crippen LogP contribution in [-0.4, -0.2) is 34.6 Å². The van der Waals surface area contributed by atoms with Gasteiger partial charge >= 0.3 is 5.97 Å². The topological polar surface area (TPSA) is 111 Å². The minimum absolute atomic E-state index is 0.101. The van der Waals surface area contributed by atoms with Gasteiger partial charge in [-0.05, 0) is 30.3 Å². The molecule has 0 aliphatic heterocycles. The average Bonchev–Trinajstić information content (AvgIpc) is 2.60. The monoisotopic (exact) mass is 347 g/mol. The van der Waals surface area contributed by atoms with Crippen LogP contribution in [0.3, 0.4) is 0 Å². The third-order valence-corrected chi connectivity index (χ3v) is 3.82. The van der Waals surface area contributed by atoms with Gasteiger partial charge in [0.15, 0.2) is 0 Å². The molecule has 24 heavy (non-hydrogen) atoms. The first kappa shape index (κ1) is 17.4. The molecule has 9 heteroatoms. The number of amides is 1. The molecule has 1 heterocycles. The van der Waals surface area contributed by atoms with E-state index in [4.69, 9.17) is 0 Å². The van der Waals surface area contributed by atoms with Gasteiger partial charge in [0.05, 0.1) is 28.4 Å². The Morgan fingerprint density at radius 2 is 1.96 bits per heavy atom. The molecule has 8 nitrogen and oxygen atoms in total. The molecule has 0 fully saturated rings. The molecular weight excluding hydrogens is 334 g/mol. The van der Waals surface area contributed by atoms with Gasteiger partial charge in [0.2, 0.25) is 5.91 Å². The van der Waals surface area contributed by atoms with Gasteiger partial charge in [0.25, 0.3) is 5.69 Å². The number of carbonyl (C=O) groups is 2. The predicted octanol–water partition coefficient (Wildman–Crippen LogP) is 2.51. The summed E-state index contributed by atoms with van der Waals surface area (Å²) < 4.78 is 4.59. The Hall–Kier alpha value is -2.94. The van der Waals surface area contributed by atoms with Crippen molar-refractivity contribution in [2.45, 2.75) is 5.03 Å². The van der Waals surface area contributed by atoms with E-state index >= 15 is 0 Å². The number of ether oxygens (including phenoxy) is 1. The number of aromatic nitrogens is 1. The Morgan fingerprint density at radius 3 is 2.50 bits per heavy atom. The highest BCUT2D eigenvalue weighted by Crippen LogP contribution is 2.18. The fraction of sp³-hybridized carbons (Fsp3) is 0.133. The van der Waals surface area contributed by atoms with Gasteiger partial charge in [-0.25, -0.2) is 9.78 Å². The molecule has 1 N–H and O–H groups in total. The van der Waals surface area contributed by atoms with Gasteiger partial charge in [-0.3, -0.25) is 14.9 Å². The highest BCUT2D eigenvalue weighted by Gasteiger charge is 2.09. The van der Waals surface area contributed by atoms with Crippen molar-refractivity contribution in [2.75, 3.05) is 18.2 Å². The van der Waals surface area contributed by atoms with Crippen LogP contribution in [0.5, 0.6) is 0 Å². The zero-order valence-corrected chi connectivity index (χ0v) is 13.4. The molecule has 0 atom stereocenters. The Kier molecular flexibility index (Phi) is 5.85. The third-order valence-electron chi connectivity index (χ3n) is 2.87. The number of carbonyl (C=O) groups excluding carboxylic acids is 2. The molecule has 0 unspecified atom stereocenters. The first-order valence-corrected chi connectivity index (χ1v) is 7.69. The third kappa shape index (κ3) is 4.78. The molecule has 0 bridgehead atoms. The number of hydrogen-bond donors (Lipinski definition) is 1. The summed E-state index contributed by atoms with van der Waals surface area (Å²) in [6, 6.07) is 9.11. The quantitative estimate of drug-likeness (QED) is 0.370. The van der Waals surface area contributed by atoms with Crippen molar-refractivity contribution in [1.29, 1.82) is 0 Å². The molecule has 0 saturated carbocycles. The van der Waals surface area contributed by atoms with E-state index in [0.29, 0.717) is 16.3 Å². The fourth-order valence-corrected chi connectivity index (χ4v) is 2.35. The molecule has 0 radical (unpaired) electrons. The van der Waals surface area contributed by atoms with E-state index in [1.165, 1.54) is 19.2 Å². The Morgan fingerprint density at radius 1 is 1.25 bits per heavy atom. The molecule has 2 aromatic rings. The smallest absolute Gasteiger partial charge is 0.337 e. The van der Waals surface area contributed by atoms with Crippen LogP contribution in [0.2, 0.25) is 0 Å². The molecule has 2 rings (SSSR count). The number of rotatable bonds is 6. The summed E-state index contributed by atoms with van der Waals surface area (Å²) in [4.78, 5) is 37.1. The lowest BCUT2D eigenvalue weighted by atomic mass is 10.2. The van der Waals surface area contributed by atoms with E-state index in [1.54, 1.807) is 24.3 Å². The minimum Gasteiger partial charge on any atom is -0.465 e. The second-order valence-corrected chi connectivity index (χ2v) is 5.51. The van der Waals surface area contributed by atoms with Crippen molar-refractivity contribution in [1.82, 2.24) is 4.98 Å². The summed E-state index contributed by atoms with van der Waals surface area (Å²) in [5.74, 6) is -0.609. The van der Waals surface area contributed by atoms with Crippen molar-refractivity contribution < 1.29 is 19.2 Å². The lowest BCUT2D eigenvalue weighted by Crippen LogP contribution is -2.14. The Bertz CT molecular complexity index is 747. The molecule has 0 aliphatic rings. The van der Waals surface area contributed by atoms with Gasteiger partial charge in [-0.2, -0.15) is 0 Å². The molecule has 124 valence electrons. The first-order valence-electron chi connectivity index (χ1n) is 6.71. The van der Waals surface area contributed by atoms with Gasteiger partial charge in [-0.15, -0.1) is 0 Å². The maximum absolute atomic E-state index is 11.9.